The van der Waals surface area contributed by atoms with E-state index in [1.165, 1.54) is 6.33 Å². The summed E-state index contributed by atoms with van der Waals surface area (Å²) in [6.07, 6.45) is 1.52. The van der Waals surface area contributed by atoms with Crippen molar-refractivity contribution in [1.82, 2.24) is 9.97 Å². The van der Waals surface area contributed by atoms with E-state index in [4.69, 9.17) is 9.47 Å². The highest BCUT2D eigenvalue weighted by Crippen LogP contribution is 2.25. The van der Waals surface area contributed by atoms with Gasteiger partial charge in [0.25, 0.3) is 0 Å². The second-order valence-corrected chi connectivity index (χ2v) is 5.78. The Morgan fingerprint density at radius 2 is 1.80 bits per heavy atom. The smallest absolute Gasteiger partial charge is 0.225 e. The quantitative estimate of drug-likeness (QED) is 0.654. The van der Waals surface area contributed by atoms with E-state index >= 15 is 0 Å². The highest BCUT2D eigenvalue weighted by Gasteiger charge is 2.05. The number of aromatic nitrogens is 2. The van der Waals surface area contributed by atoms with Crippen molar-refractivity contribution in [2.75, 3.05) is 13.2 Å². The number of halogens is 1. The van der Waals surface area contributed by atoms with Crippen LogP contribution in [0.1, 0.15) is 0 Å². The molecule has 2 aromatic heterocycles. The molecule has 3 aromatic rings. The van der Waals surface area contributed by atoms with Crippen molar-refractivity contribution in [2.45, 2.75) is 0 Å². The predicted molar refractivity (Wildman–Crippen MR) is 82.5 cm³/mol. The van der Waals surface area contributed by atoms with E-state index in [1.54, 1.807) is 11.3 Å². The van der Waals surface area contributed by atoms with Gasteiger partial charge in [-0.25, -0.2) is 9.97 Å². The largest absolute Gasteiger partial charge is 0.490 e. The zero-order chi connectivity index (χ0) is 13.8. The molecular formula is C14H11BrN2O2S. The molecular weight excluding hydrogens is 340 g/mol. The molecule has 4 nitrogen and oxygen atoms in total. The molecule has 0 aliphatic carbocycles. The van der Waals surface area contributed by atoms with E-state index in [2.05, 4.69) is 25.9 Å². The fourth-order valence-electron chi connectivity index (χ4n) is 1.71. The summed E-state index contributed by atoms with van der Waals surface area (Å²) >= 11 is 4.96. The minimum absolute atomic E-state index is 0.442. The fraction of sp³-hybridized carbons (Fsp3) is 0.143. The van der Waals surface area contributed by atoms with Crippen LogP contribution in [-0.2, 0) is 0 Å². The molecule has 3 rings (SSSR count). The van der Waals surface area contributed by atoms with Crippen molar-refractivity contribution in [1.29, 1.82) is 0 Å². The van der Waals surface area contributed by atoms with Gasteiger partial charge in [-0.15, -0.1) is 11.3 Å². The standard InChI is InChI=1S/C14H11BrN2O2S/c15-10-1-3-11(4-2-10)18-6-7-19-13-12-5-8-20-14(12)17-9-16-13/h1-5,8-9H,6-7H2. The van der Waals surface area contributed by atoms with Crippen LogP contribution in [0.15, 0.2) is 46.5 Å². The van der Waals surface area contributed by atoms with Crippen LogP contribution < -0.4 is 9.47 Å². The number of benzene rings is 1. The Morgan fingerprint density at radius 1 is 1.00 bits per heavy atom. The van der Waals surface area contributed by atoms with E-state index in [1.807, 2.05) is 35.7 Å². The average Bonchev–Trinajstić information content (AvgIpc) is 2.94. The van der Waals surface area contributed by atoms with Crippen molar-refractivity contribution in [3.63, 3.8) is 0 Å². The molecule has 0 saturated carbocycles. The fourth-order valence-corrected chi connectivity index (χ4v) is 2.70. The molecule has 0 unspecified atom stereocenters. The first-order valence-corrected chi connectivity index (χ1v) is 7.69. The lowest BCUT2D eigenvalue weighted by Crippen LogP contribution is -2.09. The SMILES string of the molecule is Brc1ccc(OCCOc2ncnc3sccc23)cc1. The average molecular weight is 351 g/mol. The van der Waals surface area contributed by atoms with E-state index in [0.717, 1.165) is 20.4 Å². The molecule has 0 bridgehead atoms. The summed E-state index contributed by atoms with van der Waals surface area (Å²) in [5.41, 5.74) is 0. The van der Waals surface area contributed by atoms with Crippen molar-refractivity contribution in [3.05, 3.63) is 46.5 Å². The third kappa shape index (κ3) is 3.08. The van der Waals surface area contributed by atoms with Gasteiger partial charge < -0.3 is 9.47 Å². The normalized spacial score (nSPS) is 10.7. The van der Waals surface area contributed by atoms with Gasteiger partial charge in [0.1, 0.15) is 30.1 Å². The summed E-state index contributed by atoms with van der Waals surface area (Å²) in [6.45, 7) is 0.912. The van der Waals surface area contributed by atoms with Crippen molar-refractivity contribution >= 4 is 37.5 Å². The summed E-state index contributed by atoms with van der Waals surface area (Å²) in [7, 11) is 0. The van der Waals surface area contributed by atoms with Gasteiger partial charge in [-0.05, 0) is 35.7 Å². The topological polar surface area (TPSA) is 44.2 Å². The Labute approximate surface area is 128 Å². The zero-order valence-electron chi connectivity index (χ0n) is 10.5. The maximum Gasteiger partial charge on any atom is 0.225 e. The summed E-state index contributed by atoms with van der Waals surface area (Å²) < 4.78 is 12.3. The lowest BCUT2D eigenvalue weighted by atomic mass is 10.3. The first kappa shape index (κ1) is 13.3. The summed E-state index contributed by atoms with van der Waals surface area (Å²) in [5, 5.41) is 2.92. The van der Waals surface area contributed by atoms with Gasteiger partial charge in [-0.1, -0.05) is 15.9 Å². The zero-order valence-corrected chi connectivity index (χ0v) is 12.9. The van der Waals surface area contributed by atoms with E-state index < -0.39 is 0 Å². The highest BCUT2D eigenvalue weighted by atomic mass is 79.9. The first-order chi connectivity index (χ1) is 9.83. The van der Waals surface area contributed by atoms with Crippen LogP contribution in [0.5, 0.6) is 11.6 Å². The van der Waals surface area contributed by atoms with Gasteiger partial charge >= 0.3 is 0 Å². The Hall–Kier alpha value is -1.66. The Kier molecular flexibility index (Phi) is 4.13. The first-order valence-electron chi connectivity index (χ1n) is 6.02. The maximum atomic E-state index is 5.64. The molecule has 1 aromatic carbocycles. The second kappa shape index (κ2) is 6.19. The lowest BCUT2D eigenvalue weighted by Gasteiger charge is -2.08. The number of thiophene rings is 1. The Morgan fingerprint density at radius 3 is 2.65 bits per heavy atom. The number of rotatable bonds is 5. The molecule has 0 atom stereocenters. The highest BCUT2D eigenvalue weighted by molar-refractivity contribution is 9.10. The number of hydrogen-bond acceptors (Lipinski definition) is 5. The van der Waals surface area contributed by atoms with Gasteiger partial charge in [0.05, 0.1) is 5.39 Å². The van der Waals surface area contributed by atoms with Gasteiger partial charge in [-0.2, -0.15) is 0 Å². The molecule has 0 saturated heterocycles. The molecule has 0 radical (unpaired) electrons. The minimum atomic E-state index is 0.442. The van der Waals surface area contributed by atoms with Crippen LogP contribution in [0.25, 0.3) is 10.2 Å². The third-order valence-electron chi connectivity index (χ3n) is 2.63. The molecule has 20 heavy (non-hydrogen) atoms. The Bertz CT molecular complexity index is 700. The third-order valence-corrected chi connectivity index (χ3v) is 3.98. The summed E-state index contributed by atoms with van der Waals surface area (Å²) in [6, 6.07) is 9.66. The molecule has 0 N–H and O–H groups in total. The van der Waals surface area contributed by atoms with Crippen LogP contribution in [0, 0.1) is 0 Å². The van der Waals surface area contributed by atoms with E-state index in [9.17, 15) is 0 Å². The molecule has 2 heterocycles. The second-order valence-electron chi connectivity index (χ2n) is 3.97. The summed E-state index contributed by atoms with van der Waals surface area (Å²) in [4.78, 5) is 9.26. The van der Waals surface area contributed by atoms with Crippen LogP contribution in [0.2, 0.25) is 0 Å². The maximum absolute atomic E-state index is 5.64. The number of ether oxygens (including phenoxy) is 2. The van der Waals surface area contributed by atoms with Crippen molar-refractivity contribution in [3.8, 4) is 11.6 Å². The number of nitrogens with zero attached hydrogens (tertiary/aromatic N) is 2. The molecule has 0 aliphatic heterocycles. The van der Waals surface area contributed by atoms with Gasteiger partial charge in [0, 0.05) is 4.47 Å². The monoisotopic (exact) mass is 350 g/mol. The van der Waals surface area contributed by atoms with E-state index in [0.29, 0.717) is 19.1 Å². The van der Waals surface area contributed by atoms with Gasteiger partial charge in [0.15, 0.2) is 0 Å². The van der Waals surface area contributed by atoms with Gasteiger partial charge in [-0.3, -0.25) is 0 Å². The van der Waals surface area contributed by atoms with Gasteiger partial charge in [0.2, 0.25) is 5.88 Å². The molecule has 0 spiro atoms. The van der Waals surface area contributed by atoms with Crippen LogP contribution >= 0.6 is 27.3 Å². The molecule has 0 aliphatic rings. The van der Waals surface area contributed by atoms with Crippen LogP contribution in [0.3, 0.4) is 0 Å². The van der Waals surface area contributed by atoms with Crippen LogP contribution in [-0.4, -0.2) is 23.2 Å². The van der Waals surface area contributed by atoms with Crippen LogP contribution in [0.4, 0.5) is 0 Å². The predicted octanol–water partition coefficient (Wildman–Crippen LogP) is 3.91. The Balaban J connectivity index is 1.55. The van der Waals surface area contributed by atoms with Crippen molar-refractivity contribution in [2.24, 2.45) is 0 Å². The summed E-state index contributed by atoms with van der Waals surface area (Å²) in [5.74, 6) is 1.43. The molecule has 0 fully saturated rings. The number of hydrogen-bond donors (Lipinski definition) is 0. The molecule has 6 heteroatoms. The molecule has 102 valence electrons. The number of fused-ring (bicyclic) bond motifs is 1. The molecule has 0 amide bonds. The van der Waals surface area contributed by atoms with Crippen molar-refractivity contribution < 1.29 is 9.47 Å². The van der Waals surface area contributed by atoms with E-state index in [-0.39, 0.29) is 0 Å². The minimum Gasteiger partial charge on any atom is -0.490 e. The lowest BCUT2D eigenvalue weighted by molar-refractivity contribution is 0.213.